The minimum absolute atomic E-state index is 0.689. The molecule has 0 bridgehead atoms. The van der Waals surface area contributed by atoms with Crippen molar-refractivity contribution in [2.24, 2.45) is 0 Å². The molecule has 0 saturated carbocycles. The normalized spacial score (nSPS) is 10.9. The summed E-state index contributed by atoms with van der Waals surface area (Å²) >= 11 is 0. The summed E-state index contributed by atoms with van der Waals surface area (Å²) in [5.74, 6) is 0. The van der Waals surface area contributed by atoms with Crippen LogP contribution in [0.1, 0.15) is 25.3 Å². The summed E-state index contributed by atoms with van der Waals surface area (Å²) in [7, 11) is 0. The first-order valence-electron chi connectivity index (χ1n) is 5.08. The lowest BCUT2D eigenvalue weighted by atomic mass is 10.3. The number of unbranched alkanes of at least 4 members (excludes halogenated alkanes) is 1. The van der Waals surface area contributed by atoms with Crippen LogP contribution in [0.2, 0.25) is 0 Å². The maximum atomic E-state index is 5.39. The van der Waals surface area contributed by atoms with Crippen molar-refractivity contribution < 1.29 is 4.74 Å². The SMILES string of the molecule is CCCCOC/C=C/c1cccnc1. The predicted molar refractivity (Wildman–Crippen MR) is 59.0 cm³/mol. The average Bonchev–Trinajstić information content (AvgIpc) is 2.25. The Labute approximate surface area is 85.6 Å². The predicted octanol–water partition coefficient (Wildman–Crippen LogP) is 2.91. The van der Waals surface area contributed by atoms with Gasteiger partial charge >= 0.3 is 0 Å². The first kappa shape index (κ1) is 10.9. The van der Waals surface area contributed by atoms with Gasteiger partial charge in [0.2, 0.25) is 0 Å². The molecule has 1 aromatic heterocycles. The fourth-order valence-corrected chi connectivity index (χ4v) is 1.06. The van der Waals surface area contributed by atoms with E-state index in [1.54, 1.807) is 6.20 Å². The van der Waals surface area contributed by atoms with Crippen LogP contribution in [-0.2, 0) is 4.74 Å². The molecule has 0 radical (unpaired) electrons. The molecule has 0 aliphatic carbocycles. The van der Waals surface area contributed by atoms with Gasteiger partial charge in [-0.1, -0.05) is 31.6 Å². The van der Waals surface area contributed by atoms with Gasteiger partial charge in [-0.2, -0.15) is 0 Å². The van der Waals surface area contributed by atoms with Crippen LogP contribution in [0.25, 0.3) is 6.08 Å². The number of aromatic nitrogens is 1. The molecule has 0 amide bonds. The van der Waals surface area contributed by atoms with E-state index in [-0.39, 0.29) is 0 Å². The quantitative estimate of drug-likeness (QED) is 0.645. The van der Waals surface area contributed by atoms with Gasteiger partial charge in [-0.05, 0) is 18.1 Å². The van der Waals surface area contributed by atoms with Crippen LogP contribution < -0.4 is 0 Å². The van der Waals surface area contributed by atoms with Crippen molar-refractivity contribution in [3.63, 3.8) is 0 Å². The Kier molecular flexibility index (Phi) is 5.68. The highest BCUT2D eigenvalue weighted by Gasteiger charge is 1.84. The van der Waals surface area contributed by atoms with Gasteiger partial charge in [0.15, 0.2) is 0 Å². The van der Waals surface area contributed by atoms with E-state index in [1.165, 1.54) is 6.42 Å². The average molecular weight is 191 g/mol. The Morgan fingerprint density at radius 1 is 1.50 bits per heavy atom. The molecule has 0 aromatic carbocycles. The monoisotopic (exact) mass is 191 g/mol. The van der Waals surface area contributed by atoms with Gasteiger partial charge in [0, 0.05) is 19.0 Å². The van der Waals surface area contributed by atoms with Gasteiger partial charge in [-0.15, -0.1) is 0 Å². The van der Waals surface area contributed by atoms with Gasteiger partial charge in [0.05, 0.1) is 6.61 Å². The van der Waals surface area contributed by atoms with Crippen molar-refractivity contribution in [3.8, 4) is 0 Å². The molecule has 0 saturated heterocycles. The van der Waals surface area contributed by atoms with Crippen molar-refractivity contribution in [2.45, 2.75) is 19.8 Å². The first-order valence-corrected chi connectivity index (χ1v) is 5.08. The lowest BCUT2D eigenvalue weighted by molar-refractivity contribution is 0.159. The van der Waals surface area contributed by atoms with Crippen LogP contribution in [-0.4, -0.2) is 18.2 Å². The summed E-state index contributed by atoms with van der Waals surface area (Å²) in [6.07, 6.45) is 9.98. The Morgan fingerprint density at radius 3 is 3.14 bits per heavy atom. The molecule has 0 aliphatic rings. The van der Waals surface area contributed by atoms with Crippen LogP contribution >= 0.6 is 0 Å². The number of rotatable bonds is 6. The van der Waals surface area contributed by atoms with Crippen molar-refractivity contribution in [1.82, 2.24) is 4.98 Å². The topological polar surface area (TPSA) is 22.1 Å². The van der Waals surface area contributed by atoms with E-state index >= 15 is 0 Å². The Balaban J connectivity index is 2.15. The van der Waals surface area contributed by atoms with E-state index in [2.05, 4.69) is 11.9 Å². The molecule has 14 heavy (non-hydrogen) atoms. The molecule has 2 nitrogen and oxygen atoms in total. The highest BCUT2D eigenvalue weighted by molar-refractivity contribution is 5.47. The fourth-order valence-electron chi connectivity index (χ4n) is 1.06. The second kappa shape index (κ2) is 7.27. The van der Waals surface area contributed by atoms with E-state index in [4.69, 9.17) is 4.74 Å². The van der Waals surface area contributed by atoms with Gasteiger partial charge < -0.3 is 4.74 Å². The van der Waals surface area contributed by atoms with Gasteiger partial charge in [-0.25, -0.2) is 0 Å². The summed E-state index contributed by atoms with van der Waals surface area (Å²) in [5.41, 5.74) is 1.12. The number of hydrogen-bond donors (Lipinski definition) is 0. The Bertz CT molecular complexity index is 256. The van der Waals surface area contributed by atoms with Crippen molar-refractivity contribution in [3.05, 3.63) is 36.2 Å². The van der Waals surface area contributed by atoms with E-state index in [0.717, 1.165) is 18.6 Å². The summed E-state index contributed by atoms with van der Waals surface area (Å²) < 4.78 is 5.39. The molecule has 0 N–H and O–H groups in total. The van der Waals surface area contributed by atoms with E-state index in [1.807, 2.05) is 30.5 Å². The Hall–Kier alpha value is -1.15. The Morgan fingerprint density at radius 2 is 2.43 bits per heavy atom. The lowest BCUT2D eigenvalue weighted by Crippen LogP contribution is -1.92. The van der Waals surface area contributed by atoms with E-state index in [9.17, 15) is 0 Å². The van der Waals surface area contributed by atoms with E-state index in [0.29, 0.717) is 6.61 Å². The molecule has 1 rings (SSSR count). The van der Waals surface area contributed by atoms with E-state index < -0.39 is 0 Å². The second-order valence-electron chi connectivity index (χ2n) is 3.12. The van der Waals surface area contributed by atoms with Gasteiger partial charge in [-0.3, -0.25) is 4.98 Å². The highest BCUT2D eigenvalue weighted by atomic mass is 16.5. The lowest BCUT2D eigenvalue weighted by Gasteiger charge is -1.97. The van der Waals surface area contributed by atoms with Crippen LogP contribution in [0.5, 0.6) is 0 Å². The second-order valence-corrected chi connectivity index (χ2v) is 3.12. The smallest absolute Gasteiger partial charge is 0.0650 e. The molecule has 0 fully saturated rings. The maximum absolute atomic E-state index is 5.39. The molecule has 0 spiro atoms. The molecule has 1 heterocycles. The zero-order valence-electron chi connectivity index (χ0n) is 8.65. The number of pyridine rings is 1. The molecule has 0 unspecified atom stereocenters. The molecule has 1 aromatic rings. The largest absolute Gasteiger partial charge is 0.377 e. The minimum atomic E-state index is 0.689. The summed E-state index contributed by atoms with van der Waals surface area (Å²) in [6.45, 7) is 3.71. The van der Waals surface area contributed by atoms with Crippen LogP contribution in [0, 0.1) is 0 Å². The summed E-state index contributed by atoms with van der Waals surface area (Å²) in [6, 6.07) is 3.95. The standard InChI is InChI=1S/C12H17NO/c1-2-3-9-14-10-5-7-12-6-4-8-13-11-12/h4-8,11H,2-3,9-10H2,1H3/b7-5+. The molecule has 0 aliphatic heterocycles. The fraction of sp³-hybridized carbons (Fsp3) is 0.417. The van der Waals surface area contributed by atoms with Crippen molar-refractivity contribution >= 4 is 6.08 Å². The van der Waals surface area contributed by atoms with Crippen molar-refractivity contribution in [2.75, 3.05) is 13.2 Å². The van der Waals surface area contributed by atoms with Gasteiger partial charge in [0.25, 0.3) is 0 Å². The number of ether oxygens (including phenoxy) is 1. The highest BCUT2D eigenvalue weighted by Crippen LogP contribution is 1.98. The molecule has 0 atom stereocenters. The zero-order valence-corrected chi connectivity index (χ0v) is 8.65. The molecular weight excluding hydrogens is 174 g/mol. The summed E-state index contributed by atoms with van der Waals surface area (Å²) in [5, 5.41) is 0. The number of hydrogen-bond acceptors (Lipinski definition) is 2. The van der Waals surface area contributed by atoms with Crippen LogP contribution in [0.3, 0.4) is 0 Å². The summed E-state index contributed by atoms with van der Waals surface area (Å²) in [4.78, 5) is 4.02. The van der Waals surface area contributed by atoms with Crippen LogP contribution in [0.15, 0.2) is 30.6 Å². The van der Waals surface area contributed by atoms with Crippen LogP contribution in [0.4, 0.5) is 0 Å². The third-order valence-corrected chi connectivity index (χ3v) is 1.85. The first-order chi connectivity index (χ1) is 6.93. The molecular formula is C12H17NO. The third kappa shape index (κ3) is 4.77. The third-order valence-electron chi connectivity index (χ3n) is 1.85. The van der Waals surface area contributed by atoms with Gasteiger partial charge in [0.1, 0.15) is 0 Å². The zero-order chi connectivity index (χ0) is 10.1. The number of nitrogens with zero attached hydrogens (tertiary/aromatic N) is 1. The molecule has 76 valence electrons. The maximum Gasteiger partial charge on any atom is 0.0650 e. The van der Waals surface area contributed by atoms with Crippen molar-refractivity contribution in [1.29, 1.82) is 0 Å². The molecule has 2 heteroatoms. The minimum Gasteiger partial charge on any atom is -0.377 e.